The standard InChI is InChI=1S/C31H33N5O6S/c1-30(2,3)42-29(39)36(21-28(37)38)26-13-9-12-25(35-26)31(32,43(40,41)27-14-7-8-19-33-27)20-22-15-17-24(18-16-22)34-23-10-5-4-6-11-23/h4-19,34H,20-21,32H2,1-3H3,(H,37,38). The van der Waals surface area contributed by atoms with E-state index in [1.807, 2.05) is 30.3 Å². The van der Waals surface area contributed by atoms with Gasteiger partial charge in [-0.1, -0.05) is 42.5 Å². The largest absolute Gasteiger partial charge is 0.480 e. The number of anilines is 3. The molecule has 0 aliphatic rings. The number of nitrogens with one attached hydrogen (secondary N) is 1. The Labute approximate surface area is 250 Å². The smallest absolute Gasteiger partial charge is 0.416 e. The number of rotatable bonds is 10. The van der Waals surface area contributed by atoms with Crippen LogP contribution in [0.3, 0.4) is 0 Å². The molecule has 224 valence electrons. The van der Waals surface area contributed by atoms with Crippen molar-refractivity contribution in [3.63, 3.8) is 0 Å². The molecule has 0 radical (unpaired) electrons. The molecule has 0 bridgehead atoms. The summed E-state index contributed by atoms with van der Waals surface area (Å²) >= 11 is 0. The average molecular weight is 604 g/mol. The molecule has 4 rings (SSSR count). The summed E-state index contributed by atoms with van der Waals surface area (Å²) in [6.45, 7) is 4.14. The molecule has 0 aliphatic carbocycles. The van der Waals surface area contributed by atoms with Gasteiger partial charge in [-0.15, -0.1) is 0 Å². The van der Waals surface area contributed by atoms with Crippen molar-refractivity contribution in [1.82, 2.24) is 9.97 Å². The van der Waals surface area contributed by atoms with E-state index in [1.165, 1.54) is 36.5 Å². The predicted octanol–water partition coefficient (Wildman–Crippen LogP) is 4.87. The van der Waals surface area contributed by atoms with E-state index in [0.717, 1.165) is 16.3 Å². The van der Waals surface area contributed by atoms with Gasteiger partial charge in [-0.05, 0) is 74.9 Å². The molecule has 2 aromatic heterocycles. The Morgan fingerprint density at radius 1 is 0.907 bits per heavy atom. The fraction of sp³-hybridized carbons (Fsp3) is 0.226. The maximum Gasteiger partial charge on any atom is 0.416 e. The lowest BCUT2D eigenvalue weighted by atomic mass is 10.0. The van der Waals surface area contributed by atoms with Gasteiger partial charge in [-0.25, -0.2) is 23.2 Å². The number of nitrogens with zero attached hydrogens (tertiary/aromatic N) is 3. The van der Waals surface area contributed by atoms with Gasteiger partial charge in [0.15, 0.2) is 9.90 Å². The molecule has 0 saturated heterocycles. The lowest BCUT2D eigenvalue weighted by molar-refractivity contribution is -0.135. The average Bonchev–Trinajstić information content (AvgIpc) is 2.97. The van der Waals surface area contributed by atoms with Gasteiger partial charge in [0.25, 0.3) is 0 Å². The highest BCUT2D eigenvalue weighted by atomic mass is 32.2. The topological polar surface area (TPSA) is 165 Å². The van der Waals surface area contributed by atoms with E-state index in [0.29, 0.717) is 5.56 Å². The highest BCUT2D eigenvalue weighted by Crippen LogP contribution is 2.34. The van der Waals surface area contributed by atoms with Crippen LogP contribution >= 0.6 is 0 Å². The molecule has 4 aromatic rings. The van der Waals surface area contributed by atoms with Crippen molar-refractivity contribution < 1.29 is 27.9 Å². The molecule has 11 nitrogen and oxygen atoms in total. The third-order valence-corrected chi connectivity index (χ3v) is 8.33. The number of carbonyl (C=O) groups excluding carboxylic acids is 1. The minimum Gasteiger partial charge on any atom is -0.480 e. The zero-order valence-corrected chi connectivity index (χ0v) is 24.8. The molecule has 12 heteroatoms. The van der Waals surface area contributed by atoms with Crippen LogP contribution in [0.15, 0.2) is 102 Å². The van der Waals surface area contributed by atoms with Gasteiger partial charge in [0, 0.05) is 24.0 Å². The molecular formula is C31H33N5O6S. The SMILES string of the molecule is CC(C)(C)OC(=O)N(CC(=O)O)c1cccc(C(N)(Cc2ccc(Nc3ccccc3)cc2)S(=O)(=O)c2ccccn2)n1. The summed E-state index contributed by atoms with van der Waals surface area (Å²) in [6, 6.07) is 25.4. The zero-order valence-electron chi connectivity index (χ0n) is 24.0. The van der Waals surface area contributed by atoms with Crippen LogP contribution in [-0.4, -0.2) is 47.7 Å². The van der Waals surface area contributed by atoms with Crippen molar-refractivity contribution in [2.75, 3.05) is 16.8 Å². The van der Waals surface area contributed by atoms with Crippen molar-refractivity contribution in [2.45, 2.75) is 42.7 Å². The molecule has 0 spiro atoms. The minimum absolute atomic E-state index is 0.110. The lowest BCUT2D eigenvalue weighted by Gasteiger charge is -2.30. The normalized spacial score (nSPS) is 13.0. The van der Waals surface area contributed by atoms with E-state index < -0.39 is 38.9 Å². The number of carboxylic acid groups (broad SMARTS) is 1. The fourth-order valence-electron chi connectivity index (χ4n) is 4.21. The van der Waals surface area contributed by atoms with E-state index in [4.69, 9.17) is 10.5 Å². The number of sulfone groups is 1. The summed E-state index contributed by atoms with van der Waals surface area (Å²) in [5.41, 5.74) is 8.04. The van der Waals surface area contributed by atoms with Crippen molar-refractivity contribution in [2.24, 2.45) is 5.73 Å². The first-order valence-electron chi connectivity index (χ1n) is 13.3. The first-order valence-corrected chi connectivity index (χ1v) is 14.8. The summed E-state index contributed by atoms with van der Waals surface area (Å²) in [5.74, 6) is -1.45. The molecule has 43 heavy (non-hydrogen) atoms. The number of pyridine rings is 2. The minimum atomic E-state index is -4.39. The van der Waals surface area contributed by atoms with Crippen molar-refractivity contribution in [3.8, 4) is 0 Å². The second-order valence-electron chi connectivity index (χ2n) is 10.8. The van der Waals surface area contributed by atoms with E-state index >= 15 is 0 Å². The van der Waals surface area contributed by atoms with Crippen molar-refractivity contribution >= 4 is 39.1 Å². The molecule has 0 saturated carbocycles. The Balaban J connectivity index is 1.77. The maximum absolute atomic E-state index is 14.1. The van der Waals surface area contributed by atoms with Crippen molar-refractivity contribution in [3.05, 3.63) is 108 Å². The Kier molecular flexibility index (Phi) is 9.12. The number of carbonyl (C=O) groups is 2. The molecular weight excluding hydrogens is 570 g/mol. The number of ether oxygens (including phenoxy) is 1. The van der Waals surface area contributed by atoms with Crippen LogP contribution in [0, 0.1) is 0 Å². The number of aromatic nitrogens is 2. The van der Waals surface area contributed by atoms with Gasteiger partial charge in [0.05, 0.1) is 5.69 Å². The predicted molar refractivity (Wildman–Crippen MR) is 163 cm³/mol. The van der Waals surface area contributed by atoms with E-state index in [-0.39, 0.29) is 23.0 Å². The van der Waals surface area contributed by atoms with E-state index in [2.05, 4.69) is 15.3 Å². The summed E-state index contributed by atoms with van der Waals surface area (Å²) in [5, 5.41) is 12.5. The number of nitrogens with two attached hydrogens (primary N) is 1. The zero-order chi connectivity index (χ0) is 31.3. The van der Waals surface area contributed by atoms with Crippen LogP contribution in [0.25, 0.3) is 0 Å². The Hall–Kier alpha value is -4.81. The van der Waals surface area contributed by atoms with Crippen LogP contribution in [0.1, 0.15) is 32.0 Å². The quantitative estimate of drug-likeness (QED) is 0.228. The summed E-state index contributed by atoms with van der Waals surface area (Å²) in [4.78, 5) is 31.7. The number of hydrogen-bond donors (Lipinski definition) is 3. The third-order valence-electron chi connectivity index (χ3n) is 6.23. The van der Waals surface area contributed by atoms with Gasteiger partial charge in [-0.2, -0.15) is 0 Å². The summed E-state index contributed by atoms with van der Waals surface area (Å²) < 4.78 is 33.6. The monoisotopic (exact) mass is 603 g/mol. The summed E-state index contributed by atoms with van der Waals surface area (Å²) in [6.07, 6.45) is 0.175. The Bertz CT molecular complexity index is 1680. The van der Waals surface area contributed by atoms with Gasteiger partial charge >= 0.3 is 12.1 Å². The number of carboxylic acids is 1. The fourth-order valence-corrected chi connectivity index (χ4v) is 5.79. The first-order chi connectivity index (χ1) is 20.3. The maximum atomic E-state index is 14.1. The van der Waals surface area contributed by atoms with Gasteiger partial charge < -0.3 is 20.9 Å². The number of para-hydroxylation sites is 1. The molecule has 0 aliphatic heterocycles. The first kappa shape index (κ1) is 31.1. The molecule has 2 aromatic carbocycles. The molecule has 1 unspecified atom stereocenters. The number of hydrogen-bond acceptors (Lipinski definition) is 9. The molecule has 1 atom stereocenters. The lowest BCUT2D eigenvalue weighted by Crippen LogP contribution is -2.48. The molecule has 2 heterocycles. The van der Waals surface area contributed by atoms with Gasteiger partial charge in [0.1, 0.15) is 18.0 Å². The van der Waals surface area contributed by atoms with Gasteiger partial charge in [-0.3, -0.25) is 9.69 Å². The highest BCUT2D eigenvalue weighted by molar-refractivity contribution is 7.92. The number of benzene rings is 2. The third kappa shape index (κ3) is 7.53. The Morgan fingerprint density at radius 2 is 1.56 bits per heavy atom. The second-order valence-corrected chi connectivity index (χ2v) is 12.9. The van der Waals surface area contributed by atoms with E-state index in [9.17, 15) is 23.1 Å². The molecule has 0 fully saturated rings. The van der Waals surface area contributed by atoms with E-state index in [1.54, 1.807) is 51.1 Å². The highest BCUT2D eigenvalue weighted by Gasteiger charge is 2.45. The van der Waals surface area contributed by atoms with Crippen LogP contribution in [0.2, 0.25) is 0 Å². The van der Waals surface area contributed by atoms with Crippen molar-refractivity contribution in [1.29, 1.82) is 0 Å². The molecule has 1 amide bonds. The molecule has 4 N–H and O–H groups in total. The van der Waals surface area contributed by atoms with Crippen LogP contribution in [0.5, 0.6) is 0 Å². The number of aliphatic carboxylic acids is 1. The van der Waals surface area contributed by atoms with Crippen LogP contribution in [-0.2, 0) is 30.7 Å². The second kappa shape index (κ2) is 12.6. The summed E-state index contributed by atoms with van der Waals surface area (Å²) in [7, 11) is -4.39. The van der Waals surface area contributed by atoms with Gasteiger partial charge in [0.2, 0.25) is 9.84 Å². The van der Waals surface area contributed by atoms with Crippen LogP contribution < -0.4 is 16.0 Å². The number of amides is 1. The van der Waals surface area contributed by atoms with Crippen LogP contribution in [0.4, 0.5) is 22.0 Å². The Morgan fingerprint density at radius 3 is 2.16 bits per heavy atom.